The van der Waals surface area contributed by atoms with Gasteiger partial charge < -0.3 is 0 Å². The van der Waals surface area contributed by atoms with Gasteiger partial charge in [-0.2, -0.15) is 5.26 Å². The minimum Gasteiger partial charge on any atom is -0.242 e. The Bertz CT molecular complexity index is 563. The number of pyridine rings is 1. The van der Waals surface area contributed by atoms with Gasteiger partial charge in [0.1, 0.15) is 6.07 Å². The number of nitrogens with zero attached hydrogens (tertiary/aromatic N) is 2. The van der Waals surface area contributed by atoms with Crippen LogP contribution in [0.25, 0.3) is 0 Å². The highest BCUT2D eigenvalue weighted by Crippen LogP contribution is 2.28. The second kappa shape index (κ2) is 4.11. The molecule has 16 heavy (non-hydrogen) atoms. The van der Waals surface area contributed by atoms with E-state index >= 15 is 0 Å². The van der Waals surface area contributed by atoms with Crippen LogP contribution in [-0.4, -0.2) is 13.4 Å². The van der Waals surface area contributed by atoms with Crippen molar-refractivity contribution in [3.63, 3.8) is 0 Å². The Balaban J connectivity index is 3.73. The molecular formula is C8H7F2N3O2S. The van der Waals surface area contributed by atoms with E-state index in [0.29, 0.717) is 0 Å². The van der Waals surface area contributed by atoms with Crippen molar-refractivity contribution in [3.8, 4) is 6.07 Å². The number of sulfonamides is 1. The van der Waals surface area contributed by atoms with Crippen LogP contribution in [0.1, 0.15) is 23.4 Å². The summed E-state index contributed by atoms with van der Waals surface area (Å²) in [6, 6.07) is 2.33. The van der Waals surface area contributed by atoms with Gasteiger partial charge in [0, 0.05) is 5.69 Å². The van der Waals surface area contributed by atoms with E-state index in [1.807, 2.05) is 0 Å². The Kier molecular flexibility index (Phi) is 3.21. The Morgan fingerprint density at radius 1 is 1.56 bits per heavy atom. The number of aromatic nitrogens is 1. The number of alkyl halides is 2. The number of aryl methyl sites for hydroxylation is 1. The van der Waals surface area contributed by atoms with Gasteiger partial charge >= 0.3 is 0 Å². The predicted octanol–water partition coefficient (Wildman–Crippen LogP) is 0.847. The van der Waals surface area contributed by atoms with Gasteiger partial charge in [0.2, 0.25) is 10.0 Å². The number of nitrogens with two attached hydrogens (primary N) is 1. The SMILES string of the molecule is Cc1cc(S(N)(=O)=O)c(C(F)F)c(C#N)n1. The van der Waals surface area contributed by atoms with Gasteiger partial charge in [-0.1, -0.05) is 0 Å². The van der Waals surface area contributed by atoms with E-state index in [2.05, 4.69) is 4.98 Å². The fourth-order valence-electron chi connectivity index (χ4n) is 1.18. The summed E-state index contributed by atoms with van der Waals surface area (Å²) in [6.07, 6.45) is -3.13. The Hall–Kier alpha value is -1.59. The third-order valence-corrected chi connectivity index (χ3v) is 2.73. The quantitative estimate of drug-likeness (QED) is 0.837. The lowest BCUT2D eigenvalue weighted by molar-refractivity contribution is 0.147. The highest BCUT2D eigenvalue weighted by molar-refractivity contribution is 7.89. The first-order chi connectivity index (χ1) is 7.27. The number of hydrogen-bond acceptors (Lipinski definition) is 4. The fourth-order valence-corrected chi connectivity index (χ4v) is 2.01. The van der Waals surface area contributed by atoms with Crippen LogP contribution in [0.2, 0.25) is 0 Å². The second-order valence-corrected chi connectivity index (χ2v) is 4.51. The molecule has 86 valence electrons. The molecule has 0 unspecified atom stereocenters. The molecular weight excluding hydrogens is 240 g/mol. The van der Waals surface area contributed by atoms with Crippen molar-refractivity contribution < 1.29 is 17.2 Å². The minimum absolute atomic E-state index is 0.130. The zero-order chi connectivity index (χ0) is 12.5. The average molecular weight is 247 g/mol. The fraction of sp³-hybridized carbons (Fsp3) is 0.250. The third kappa shape index (κ3) is 2.32. The molecule has 0 saturated carbocycles. The highest BCUT2D eigenvalue weighted by Gasteiger charge is 2.25. The summed E-state index contributed by atoms with van der Waals surface area (Å²) in [6.45, 7) is 1.38. The van der Waals surface area contributed by atoms with E-state index in [1.165, 1.54) is 13.0 Å². The summed E-state index contributed by atoms with van der Waals surface area (Å²) in [4.78, 5) is 2.77. The van der Waals surface area contributed by atoms with E-state index in [-0.39, 0.29) is 5.69 Å². The molecule has 0 fully saturated rings. The molecule has 0 saturated heterocycles. The highest BCUT2D eigenvalue weighted by atomic mass is 32.2. The van der Waals surface area contributed by atoms with Crippen molar-refractivity contribution in [1.82, 2.24) is 4.98 Å². The van der Waals surface area contributed by atoms with Crippen LogP contribution in [0.3, 0.4) is 0 Å². The minimum atomic E-state index is -4.30. The Labute approximate surface area is 90.6 Å². The number of halogens is 2. The Morgan fingerprint density at radius 2 is 2.12 bits per heavy atom. The largest absolute Gasteiger partial charge is 0.267 e. The summed E-state index contributed by atoms with van der Waals surface area (Å²) in [5.41, 5.74) is -1.44. The normalized spacial score (nSPS) is 11.5. The molecule has 0 aliphatic heterocycles. The number of primary sulfonamides is 1. The summed E-state index contributed by atoms with van der Waals surface area (Å²) in [5.74, 6) is 0. The molecule has 1 aromatic heterocycles. The maximum Gasteiger partial charge on any atom is 0.267 e. The zero-order valence-corrected chi connectivity index (χ0v) is 8.92. The number of hydrogen-bond donors (Lipinski definition) is 1. The van der Waals surface area contributed by atoms with Crippen molar-refractivity contribution in [1.29, 1.82) is 5.26 Å². The van der Waals surface area contributed by atoms with Crippen LogP contribution in [0.4, 0.5) is 8.78 Å². The van der Waals surface area contributed by atoms with Gasteiger partial charge in [-0.3, -0.25) is 0 Å². The van der Waals surface area contributed by atoms with Crippen LogP contribution in [-0.2, 0) is 10.0 Å². The van der Waals surface area contributed by atoms with E-state index in [4.69, 9.17) is 10.4 Å². The average Bonchev–Trinajstić information content (AvgIpc) is 2.14. The van der Waals surface area contributed by atoms with Crippen LogP contribution in [0.5, 0.6) is 0 Å². The van der Waals surface area contributed by atoms with Gasteiger partial charge in [-0.05, 0) is 13.0 Å². The molecule has 0 radical (unpaired) electrons. The Morgan fingerprint density at radius 3 is 2.50 bits per heavy atom. The molecule has 0 amide bonds. The lowest BCUT2D eigenvalue weighted by Crippen LogP contribution is -2.17. The van der Waals surface area contributed by atoms with Gasteiger partial charge in [0.05, 0.1) is 10.5 Å². The first-order valence-corrected chi connectivity index (χ1v) is 5.54. The predicted molar refractivity (Wildman–Crippen MR) is 50.0 cm³/mol. The summed E-state index contributed by atoms with van der Waals surface area (Å²) in [7, 11) is -4.30. The van der Waals surface area contributed by atoms with Gasteiger partial charge in [0.15, 0.2) is 5.69 Å². The molecule has 8 heteroatoms. The molecule has 1 heterocycles. The number of nitriles is 1. The maximum atomic E-state index is 12.6. The monoisotopic (exact) mass is 247 g/mol. The topological polar surface area (TPSA) is 96.8 Å². The lowest BCUT2D eigenvalue weighted by Gasteiger charge is -2.09. The van der Waals surface area contributed by atoms with Gasteiger partial charge in [-0.25, -0.2) is 27.3 Å². The lowest BCUT2D eigenvalue weighted by atomic mass is 10.2. The summed E-state index contributed by atoms with van der Waals surface area (Å²) < 4.78 is 47.4. The summed E-state index contributed by atoms with van der Waals surface area (Å²) in [5, 5.41) is 13.4. The van der Waals surface area contributed by atoms with Crippen molar-refractivity contribution in [3.05, 3.63) is 23.0 Å². The van der Waals surface area contributed by atoms with Crippen LogP contribution in [0.15, 0.2) is 11.0 Å². The van der Waals surface area contributed by atoms with E-state index in [1.54, 1.807) is 0 Å². The molecule has 2 N–H and O–H groups in total. The first-order valence-electron chi connectivity index (χ1n) is 4.00. The van der Waals surface area contributed by atoms with E-state index in [0.717, 1.165) is 6.07 Å². The zero-order valence-electron chi connectivity index (χ0n) is 8.11. The maximum absolute atomic E-state index is 12.6. The van der Waals surface area contributed by atoms with Crippen molar-refractivity contribution >= 4 is 10.0 Å². The molecule has 0 aromatic carbocycles. The van der Waals surface area contributed by atoms with Gasteiger partial charge in [-0.15, -0.1) is 0 Å². The molecule has 0 aliphatic carbocycles. The van der Waals surface area contributed by atoms with Crippen LogP contribution < -0.4 is 5.14 Å². The standard InChI is InChI=1S/C8H7F2N3O2S/c1-4-2-6(16(12,14)15)7(8(9)10)5(3-11)13-4/h2,8H,1H3,(H2,12,14,15). The molecule has 1 aromatic rings. The molecule has 1 rings (SSSR count). The van der Waals surface area contributed by atoms with Gasteiger partial charge in [0.25, 0.3) is 6.43 Å². The second-order valence-electron chi connectivity index (χ2n) is 2.98. The first kappa shape index (κ1) is 12.5. The molecule has 0 atom stereocenters. The van der Waals surface area contributed by atoms with E-state index < -0.39 is 32.6 Å². The van der Waals surface area contributed by atoms with Crippen molar-refractivity contribution in [2.24, 2.45) is 5.14 Å². The molecule has 0 bridgehead atoms. The summed E-state index contributed by atoms with van der Waals surface area (Å²) >= 11 is 0. The van der Waals surface area contributed by atoms with Crippen LogP contribution >= 0.6 is 0 Å². The van der Waals surface area contributed by atoms with Crippen LogP contribution in [0, 0.1) is 18.3 Å². The molecule has 0 spiro atoms. The van der Waals surface area contributed by atoms with E-state index in [9.17, 15) is 17.2 Å². The van der Waals surface area contributed by atoms with Crippen molar-refractivity contribution in [2.75, 3.05) is 0 Å². The third-order valence-electron chi connectivity index (χ3n) is 1.78. The molecule has 0 aliphatic rings. The smallest absolute Gasteiger partial charge is 0.242 e. The number of rotatable bonds is 2. The van der Waals surface area contributed by atoms with Crippen molar-refractivity contribution in [2.45, 2.75) is 18.2 Å². The molecule has 5 nitrogen and oxygen atoms in total.